The molecule has 0 saturated heterocycles. The minimum Gasteiger partial charge on any atom is -0.493 e. The highest BCUT2D eigenvalue weighted by Gasteiger charge is 2.24. The number of rotatable bonds is 5. The SMILES string of the molecule is COCOc1cc2c(cc1OC)CCn1cnc(-c3cccs3)c1-2. The molecular formula is C18H18N2O3S. The van der Waals surface area contributed by atoms with Crippen molar-refractivity contribution < 1.29 is 14.2 Å². The molecule has 0 atom stereocenters. The van der Waals surface area contributed by atoms with E-state index in [9.17, 15) is 0 Å². The fourth-order valence-corrected chi connectivity index (χ4v) is 3.81. The minimum atomic E-state index is 0.187. The smallest absolute Gasteiger partial charge is 0.188 e. The lowest BCUT2D eigenvalue weighted by molar-refractivity contribution is 0.0492. The summed E-state index contributed by atoms with van der Waals surface area (Å²) < 4.78 is 18.4. The topological polar surface area (TPSA) is 45.5 Å². The summed E-state index contributed by atoms with van der Waals surface area (Å²) in [6.07, 6.45) is 2.87. The summed E-state index contributed by atoms with van der Waals surface area (Å²) >= 11 is 1.70. The van der Waals surface area contributed by atoms with Crippen LogP contribution in [0.25, 0.3) is 21.8 Å². The van der Waals surface area contributed by atoms with Gasteiger partial charge in [-0.1, -0.05) is 6.07 Å². The standard InChI is InChI=1S/C18H18N2O3S/c1-21-11-23-15-9-13-12(8-14(15)22-2)5-6-20-10-19-17(18(13)20)16-4-3-7-24-16/h3-4,7-10H,5-6,11H2,1-2H3. The predicted molar refractivity (Wildman–Crippen MR) is 93.7 cm³/mol. The zero-order valence-electron chi connectivity index (χ0n) is 13.6. The Balaban J connectivity index is 1.86. The van der Waals surface area contributed by atoms with Crippen LogP contribution in [0.3, 0.4) is 0 Å². The lowest BCUT2D eigenvalue weighted by Crippen LogP contribution is -2.11. The molecule has 0 amide bonds. The Morgan fingerprint density at radius 2 is 2.17 bits per heavy atom. The van der Waals surface area contributed by atoms with Crippen LogP contribution >= 0.6 is 11.3 Å². The van der Waals surface area contributed by atoms with Gasteiger partial charge in [0.2, 0.25) is 0 Å². The van der Waals surface area contributed by atoms with E-state index in [1.54, 1.807) is 25.6 Å². The summed E-state index contributed by atoms with van der Waals surface area (Å²) in [5.74, 6) is 1.42. The Morgan fingerprint density at radius 3 is 2.92 bits per heavy atom. The van der Waals surface area contributed by atoms with E-state index in [1.165, 1.54) is 10.4 Å². The van der Waals surface area contributed by atoms with Gasteiger partial charge in [0.15, 0.2) is 18.3 Å². The second-order valence-electron chi connectivity index (χ2n) is 5.57. The van der Waals surface area contributed by atoms with E-state index in [4.69, 9.17) is 14.2 Å². The second-order valence-corrected chi connectivity index (χ2v) is 6.52. The van der Waals surface area contributed by atoms with E-state index in [1.807, 2.05) is 12.4 Å². The molecule has 4 rings (SSSR count). The van der Waals surface area contributed by atoms with E-state index in [-0.39, 0.29) is 6.79 Å². The highest BCUT2D eigenvalue weighted by atomic mass is 32.1. The molecule has 0 aliphatic carbocycles. The molecule has 124 valence electrons. The molecule has 0 spiro atoms. The van der Waals surface area contributed by atoms with Crippen molar-refractivity contribution >= 4 is 11.3 Å². The van der Waals surface area contributed by atoms with Gasteiger partial charge in [-0.25, -0.2) is 4.98 Å². The average Bonchev–Trinajstić information content (AvgIpc) is 3.27. The zero-order valence-corrected chi connectivity index (χ0v) is 14.4. The molecule has 1 aliphatic heterocycles. The molecule has 1 aliphatic rings. The number of benzene rings is 1. The molecule has 0 radical (unpaired) electrons. The van der Waals surface area contributed by atoms with Gasteiger partial charge in [0.25, 0.3) is 0 Å². The third-order valence-electron chi connectivity index (χ3n) is 4.19. The summed E-state index contributed by atoms with van der Waals surface area (Å²) in [7, 11) is 3.26. The van der Waals surface area contributed by atoms with Crippen molar-refractivity contribution in [2.45, 2.75) is 13.0 Å². The van der Waals surface area contributed by atoms with Gasteiger partial charge in [-0.05, 0) is 35.6 Å². The summed E-state index contributed by atoms with van der Waals surface area (Å²) in [6.45, 7) is 1.11. The van der Waals surface area contributed by atoms with Crippen molar-refractivity contribution in [2.24, 2.45) is 0 Å². The van der Waals surface area contributed by atoms with Crippen molar-refractivity contribution in [3.63, 3.8) is 0 Å². The Kier molecular flexibility index (Phi) is 4.00. The molecule has 0 bridgehead atoms. The summed E-state index contributed by atoms with van der Waals surface area (Å²) in [5, 5.41) is 2.08. The van der Waals surface area contributed by atoms with Crippen LogP contribution in [0.5, 0.6) is 11.5 Å². The van der Waals surface area contributed by atoms with E-state index in [0.717, 1.165) is 35.7 Å². The van der Waals surface area contributed by atoms with Gasteiger partial charge in [0.05, 0.1) is 24.0 Å². The average molecular weight is 342 g/mol. The fourth-order valence-electron chi connectivity index (χ4n) is 3.09. The first-order chi connectivity index (χ1) is 11.8. The first-order valence-electron chi connectivity index (χ1n) is 7.74. The lowest BCUT2D eigenvalue weighted by Gasteiger charge is -2.22. The van der Waals surface area contributed by atoms with E-state index in [0.29, 0.717) is 5.75 Å². The molecule has 3 aromatic rings. The molecule has 0 fully saturated rings. The molecule has 0 saturated carbocycles. The van der Waals surface area contributed by atoms with Crippen molar-refractivity contribution in [2.75, 3.05) is 21.0 Å². The van der Waals surface area contributed by atoms with Gasteiger partial charge in [0, 0.05) is 19.2 Å². The Labute approximate surface area is 144 Å². The van der Waals surface area contributed by atoms with Crippen LogP contribution in [-0.4, -0.2) is 30.6 Å². The Bertz CT molecular complexity index is 856. The normalized spacial score (nSPS) is 12.6. The van der Waals surface area contributed by atoms with Crippen LogP contribution in [0.4, 0.5) is 0 Å². The molecular weight excluding hydrogens is 324 g/mol. The van der Waals surface area contributed by atoms with Crippen LogP contribution in [0.1, 0.15) is 5.56 Å². The maximum absolute atomic E-state index is 5.69. The zero-order chi connectivity index (χ0) is 16.5. The summed E-state index contributed by atoms with van der Waals surface area (Å²) in [5.41, 5.74) is 4.56. The largest absolute Gasteiger partial charge is 0.493 e. The molecule has 2 aromatic heterocycles. The van der Waals surface area contributed by atoms with Crippen LogP contribution in [0.2, 0.25) is 0 Å². The number of nitrogens with zero attached hydrogens (tertiary/aromatic N) is 2. The third-order valence-corrected chi connectivity index (χ3v) is 5.07. The molecule has 6 heteroatoms. The number of thiophene rings is 1. The molecule has 3 heterocycles. The number of imidazole rings is 1. The number of hydrogen-bond acceptors (Lipinski definition) is 5. The molecule has 1 aromatic carbocycles. The molecule has 24 heavy (non-hydrogen) atoms. The minimum absolute atomic E-state index is 0.187. The first-order valence-corrected chi connectivity index (χ1v) is 8.62. The number of ether oxygens (including phenoxy) is 3. The van der Waals surface area contributed by atoms with Gasteiger partial charge in [-0.3, -0.25) is 0 Å². The van der Waals surface area contributed by atoms with Crippen molar-refractivity contribution in [1.82, 2.24) is 9.55 Å². The number of fused-ring (bicyclic) bond motifs is 3. The number of methoxy groups -OCH3 is 2. The highest BCUT2D eigenvalue weighted by molar-refractivity contribution is 7.13. The van der Waals surface area contributed by atoms with Gasteiger partial charge >= 0.3 is 0 Å². The molecule has 0 N–H and O–H groups in total. The lowest BCUT2D eigenvalue weighted by atomic mass is 9.96. The van der Waals surface area contributed by atoms with Crippen molar-refractivity contribution in [1.29, 1.82) is 0 Å². The molecule has 5 nitrogen and oxygen atoms in total. The van der Waals surface area contributed by atoms with E-state index < -0.39 is 0 Å². The van der Waals surface area contributed by atoms with Crippen molar-refractivity contribution in [3.05, 3.63) is 41.5 Å². The summed E-state index contributed by atoms with van der Waals surface area (Å²) in [6, 6.07) is 8.26. The van der Waals surface area contributed by atoms with Gasteiger partial charge < -0.3 is 18.8 Å². The highest BCUT2D eigenvalue weighted by Crippen LogP contribution is 2.42. The van der Waals surface area contributed by atoms with Crippen LogP contribution in [0.15, 0.2) is 36.0 Å². The first kappa shape index (κ1) is 15.2. The third kappa shape index (κ3) is 2.48. The quantitative estimate of drug-likeness (QED) is 0.661. The Hall–Kier alpha value is -2.31. The number of aromatic nitrogens is 2. The maximum atomic E-state index is 5.69. The number of aryl methyl sites for hydroxylation is 2. The fraction of sp³-hybridized carbons (Fsp3) is 0.278. The van der Waals surface area contributed by atoms with Gasteiger partial charge in [-0.2, -0.15) is 0 Å². The molecule has 0 unspecified atom stereocenters. The predicted octanol–water partition coefficient (Wildman–Crippen LogP) is 3.83. The second kappa shape index (κ2) is 6.30. The van der Waals surface area contributed by atoms with Crippen LogP contribution in [-0.2, 0) is 17.7 Å². The monoisotopic (exact) mass is 342 g/mol. The van der Waals surface area contributed by atoms with Crippen LogP contribution in [0, 0.1) is 0 Å². The Morgan fingerprint density at radius 1 is 1.25 bits per heavy atom. The van der Waals surface area contributed by atoms with E-state index >= 15 is 0 Å². The summed E-state index contributed by atoms with van der Waals surface area (Å²) in [4.78, 5) is 5.82. The van der Waals surface area contributed by atoms with Crippen LogP contribution < -0.4 is 9.47 Å². The maximum Gasteiger partial charge on any atom is 0.188 e. The van der Waals surface area contributed by atoms with Gasteiger partial charge in [-0.15, -0.1) is 11.3 Å². The van der Waals surface area contributed by atoms with E-state index in [2.05, 4.69) is 33.1 Å². The van der Waals surface area contributed by atoms with Crippen molar-refractivity contribution in [3.8, 4) is 33.3 Å². The number of hydrogen-bond donors (Lipinski definition) is 0. The van der Waals surface area contributed by atoms with Gasteiger partial charge in [0.1, 0.15) is 5.69 Å².